The fraction of sp³-hybridized carbons (Fsp3) is 0.524. The Hall–Kier alpha value is -2.24. The van der Waals surface area contributed by atoms with Gasteiger partial charge in [0.15, 0.2) is 0 Å². The molecule has 0 aliphatic heterocycles. The molecule has 2 atom stereocenters. The van der Waals surface area contributed by atoms with Crippen molar-refractivity contribution < 1.29 is 27.8 Å². The van der Waals surface area contributed by atoms with Crippen LogP contribution in [0.25, 0.3) is 0 Å². The first-order valence-electron chi connectivity index (χ1n) is 9.10. The minimum atomic E-state index is -0.621. The number of ether oxygens (including phenoxy) is 2. The summed E-state index contributed by atoms with van der Waals surface area (Å²) in [5, 5.41) is 0. The van der Waals surface area contributed by atoms with E-state index in [1.165, 1.54) is 13.2 Å². The van der Waals surface area contributed by atoms with Crippen LogP contribution in [0.3, 0.4) is 0 Å². The summed E-state index contributed by atoms with van der Waals surface area (Å²) in [6, 6.07) is 0.890. The summed E-state index contributed by atoms with van der Waals surface area (Å²) in [4.78, 5) is 23.8. The number of carbonyl (C=O) groups is 2. The number of hydrogen-bond donors (Lipinski definition) is 0. The molecule has 0 aromatic heterocycles. The molecule has 0 bridgehead atoms. The molecule has 0 N–H and O–H groups in total. The van der Waals surface area contributed by atoms with Crippen molar-refractivity contribution in [2.75, 3.05) is 7.11 Å². The first-order valence-corrected chi connectivity index (χ1v) is 9.10. The standard InChI is InChI=1S/C21H26F2O4/c1-6-12-14(13(7-2)17(23)10-16(12)22)11-27-20(25)19-15(21(19,3)4)8-9-18(24)26-5/h8-10,15,19H,6-7,11H2,1-5H3/b9-8-/t15-,19-/m0/s1. The molecule has 1 fully saturated rings. The van der Waals surface area contributed by atoms with Gasteiger partial charge in [-0.05, 0) is 35.3 Å². The second-order valence-corrected chi connectivity index (χ2v) is 7.30. The number of benzene rings is 1. The molecule has 0 saturated heterocycles. The number of esters is 2. The van der Waals surface area contributed by atoms with Gasteiger partial charge in [0, 0.05) is 17.7 Å². The Morgan fingerprint density at radius 1 is 1.11 bits per heavy atom. The van der Waals surface area contributed by atoms with E-state index in [-0.39, 0.29) is 17.9 Å². The van der Waals surface area contributed by atoms with Crippen LogP contribution in [0.2, 0.25) is 0 Å². The highest BCUT2D eigenvalue weighted by atomic mass is 19.1. The van der Waals surface area contributed by atoms with Gasteiger partial charge in [-0.15, -0.1) is 0 Å². The summed E-state index contributed by atoms with van der Waals surface area (Å²) < 4.78 is 38.2. The molecule has 1 aromatic rings. The number of hydrogen-bond acceptors (Lipinski definition) is 4. The largest absolute Gasteiger partial charge is 0.466 e. The molecule has 6 heteroatoms. The highest BCUT2D eigenvalue weighted by molar-refractivity contribution is 5.83. The monoisotopic (exact) mass is 380 g/mol. The topological polar surface area (TPSA) is 52.6 Å². The molecule has 1 aromatic carbocycles. The molecule has 4 nitrogen and oxygen atoms in total. The maximum Gasteiger partial charge on any atom is 0.330 e. The average molecular weight is 380 g/mol. The average Bonchev–Trinajstić information content (AvgIpc) is 3.17. The van der Waals surface area contributed by atoms with E-state index in [4.69, 9.17) is 4.74 Å². The van der Waals surface area contributed by atoms with E-state index in [1.807, 2.05) is 13.8 Å². The Bertz CT molecular complexity index is 740. The molecule has 0 amide bonds. The van der Waals surface area contributed by atoms with Crippen LogP contribution in [-0.4, -0.2) is 19.0 Å². The van der Waals surface area contributed by atoms with Crippen LogP contribution in [0, 0.1) is 28.9 Å². The summed E-state index contributed by atoms with van der Waals surface area (Å²) in [7, 11) is 1.28. The van der Waals surface area contributed by atoms with Gasteiger partial charge >= 0.3 is 11.9 Å². The van der Waals surface area contributed by atoms with Crippen LogP contribution in [0.5, 0.6) is 0 Å². The van der Waals surface area contributed by atoms with E-state index >= 15 is 0 Å². The Balaban J connectivity index is 2.15. The van der Waals surface area contributed by atoms with Gasteiger partial charge in [0.05, 0.1) is 13.0 Å². The fourth-order valence-electron chi connectivity index (χ4n) is 3.67. The van der Waals surface area contributed by atoms with E-state index in [1.54, 1.807) is 19.9 Å². The maximum absolute atomic E-state index is 14.1. The third kappa shape index (κ3) is 4.20. The number of rotatable bonds is 7. The van der Waals surface area contributed by atoms with Crippen LogP contribution in [0.4, 0.5) is 8.78 Å². The number of allylic oxidation sites excluding steroid dienone is 1. The number of halogens is 2. The smallest absolute Gasteiger partial charge is 0.330 e. The van der Waals surface area contributed by atoms with Crippen molar-refractivity contribution in [1.29, 1.82) is 0 Å². The summed E-state index contributed by atoms with van der Waals surface area (Å²) >= 11 is 0. The van der Waals surface area contributed by atoms with E-state index in [0.29, 0.717) is 29.5 Å². The van der Waals surface area contributed by atoms with Gasteiger partial charge in [-0.25, -0.2) is 13.6 Å². The Labute approximate surface area is 158 Å². The van der Waals surface area contributed by atoms with Gasteiger partial charge in [0.1, 0.15) is 18.2 Å². The molecule has 2 rings (SSSR count). The number of carbonyl (C=O) groups excluding carboxylic acids is 2. The molecular weight excluding hydrogens is 354 g/mol. The van der Waals surface area contributed by atoms with E-state index in [9.17, 15) is 18.4 Å². The highest BCUT2D eigenvalue weighted by Crippen LogP contribution is 2.59. The predicted molar refractivity (Wildman–Crippen MR) is 96.8 cm³/mol. The summed E-state index contributed by atoms with van der Waals surface area (Å²) in [6.45, 7) is 7.20. The van der Waals surface area contributed by atoms with Crippen molar-refractivity contribution in [3.05, 3.63) is 46.5 Å². The van der Waals surface area contributed by atoms with Crippen molar-refractivity contribution >= 4 is 11.9 Å². The molecule has 1 aliphatic rings. The summed E-state index contributed by atoms with van der Waals surface area (Å²) in [5.41, 5.74) is 0.804. The van der Waals surface area contributed by atoms with E-state index in [2.05, 4.69) is 4.74 Å². The van der Waals surface area contributed by atoms with Gasteiger partial charge < -0.3 is 9.47 Å². The Morgan fingerprint density at radius 3 is 2.15 bits per heavy atom. The first kappa shape index (κ1) is 21.1. The molecular formula is C21H26F2O4. The maximum atomic E-state index is 14.1. The lowest BCUT2D eigenvalue weighted by molar-refractivity contribution is -0.147. The second kappa shape index (κ2) is 8.19. The van der Waals surface area contributed by atoms with Crippen molar-refractivity contribution in [2.45, 2.75) is 47.1 Å². The normalized spacial score (nSPS) is 20.6. The molecule has 27 heavy (non-hydrogen) atoms. The van der Waals surface area contributed by atoms with Crippen LogP contribution in [0.15, 0.2) is 18.2 Å². The third-order valence-corrected chi connectivity index (χ3v) is 5.43. The zero-order chi connectivity index (χ0) is 20.4. The fourth-order valence-corrected chi connectivity index (χ4v) is 3.67. The van der Waals surface area contributed by atoms with Crippen molar-refractivity contribution in [1.82, 2.24) is 0 Å². The lowest BCUT2D eigenvalue weighted by atomic mass is 9.97. The lowest BCUT2D eigenvalue weighted by Crippen LogP contribution is -2.14. The van der Waals surface area contributed by atoms with E-state index < -0.39 is 29.5 Å². The summed E-state index contributed by atoms with van der Waals surface area (Å²) in [5.74, 6) is -2.72. The molecule has 1 aliphatic carbocycles. The summed E-state index contributed by atoms with van der Waals surface area (Å²) in [6.07, 6.45) is 3.71. The van der Waals surface area contributed by atoms with Gasteiger partial charge in [-0.2, -0.15) is 0 Å². The first-order chi connectivity index (χ1) is 12.7. The number of methoxy groups -OCH3 is 1. The minimum absolute atomic E-state index is 0.148. The zero-order valence-electron chi connectivity index (χ0n) is 16.4. The predicted octanol–water partition coefficient (Wildman–Crippen LogP) is 4.13. The van der Waals surface area contributed by atoms with Gasteiger partial charge in [0.25, 0.3) is 0 Å². The van der Waals surface area contributed by atoms with Crippen molar-refractivity contribution in [3.8, 4) is 0 Å². The highest BCUT2D eigenvalue weighted by Gasteiger charge is 2.61. The molecule has 0 unspecified atom stereocenters. The zero-order valence-corrected chi connectivity index (χ0v) is 16.4. The Morgan fingerprint density at radius 2 is 1.67 bits per heavy atom. The van der Waals surface area contributed by atoms with Gasteiger partial charge in [-0.1, -0.05) is 33.8 Å². The minimum Gasteiger partial charge on any atom is -0.466 e. The molecule has 0 radical (unpaired) electrons. The molecule has 0 spiro atoms. The third-order valence-electron chi connectivity index (χ3n) is 5.43. The van der Waals surface area contributed by atoms with Crippen molar-refractivity contribution in [3.63, 3.8) is 0 Å². The Kier molecular flexibility index (Phi) is 6.39. The van der Waals surface area contributed by atoms with Crippen LogP contribution < -0.4 is 0 Å². The van der Waals surface area contributed by atoms with Crippen LogP contribution in [-0.2, 0) is 38.5 Å². The van der Waals surface area contributed by atoms with Crippen LogP contribution >= 0.6 is 0 Å². The van der Waals surface area contributed by atoms with Crippen molar-refractivity contribution in [2.24, 2.45) is 17.3 Å². The molecule has 1 saturated carbocycles. The second-order valence-electron chi connectivity index (χ2n) is 7.30. The van der Waals surface area contributed by atoms with Crippen LogP contribution in [0.1, 0.15) is 44.4 Å². The lowest BCUT2D eigenvalue weighted by Gasteiger charge is -2.15. The van der Waals surface area contributed by atoms with Gasteiger partial charge in [-0.3, -0.25) is 4.79 Å². The molecule has 148 valence electrons. The van der Waals surface area contributed by atoms with Gasteiger partial charge in [0.2, 0.25) is 0 Å². The quantitative estimate of drug-likeness (QED) is 0.527. The van der Waals surface area contributed by atoms with E-state index in [0.717, 1.165) is 6.07 Å². The SMILES string of the molecule is CCc1c(F)cc(F)c(CC)c1COC(=O)[C@@H]1[C@H](/C=C\C(=O)OC)C1(C)C. The molecule has 0 heterocycles.